The third kappa shape index (κ3) is 26.1. The summed E-state index contributed by atoms with van der Waals surface area (Å²) in [5.74, 6) is -0.683. The zero-order chi connectivity index (χ0) is 20.7. The number of rotatable bonds is 21. The number of hydrogen-bond donors (Lipinski definition) is 0. The molecule has 0 saturated heterocycles. The molecule has 0 aromatic carbocycles. The zero-order valence-corrected chi connectivity index (χ0v) is 22.1. The quantitative estimate of drug-likeness (QED) is 0.108. The van der Waals surface area contributed by atoms with Gasteiger partial charge in [-0.1, -0.05) is 123 Å². The van der Waals surface area contributed by atoms with Crippen molar-refractivity contribution >= 4 is 11.9 Å². The van der Waals surface area contributed by atoms with Gasteiger partial charge < -0.3 is 6.16 Å². The predicted molar refractivity (Wildman–Crippen MR) is 121 cm³/mol. The molecule has 0 fully saturated rings. The summed E-state index contributed by atoms with van der Waals surface area (Å²) in [6.45, 7) is 4.41. The third-order valence-corrected chi connectivity index (χ3v) is 5.45. The molecule has 4 heteroatoms. The van der Waals surface area contributed by atoms with E-state index in [2.05, 4.69) is 13.8 Å². The first-order valence-corrected chi connectivity index (χ1v) is 12.4. The first kappa shape index (κ1) is 31.3. The average Bonchev–Trinajstić information content (AvgIpc) is 2.68. The van der Waals surface area contributed by atoms with Crippen molar-refractivity contribution in [2.75, 3.05) is 0 Å². The molecule has 0 radical (unpaired) electrons. The molecule has 0 heterocycles. The summed E-state index contributed by atoms with van der Waals surface area (Å²) < 4.78 is 4.87. The Kier molecular flexibility index (Phi) is 28.3. The molecule has 0 saturated carbocycles. The van der Waals surface area contributed by atoms with Gasteiger partial charge in [0.25, 0.3) is 0 Å². The zero-order valence-electron chi connectivity index (χ0n) is 21.1. The van der Waals surface area contributed by atoms with Crippen LogP contribution in [0, 0.1) is 0 Å². The van der Waals surface area contributed by atoms with Gasteiger partial charge in [0, 0.05) is 12.8 Å². The van der Waals surface area contributed by atoms with Gasteiger partial charge >= 0.3 is 41.5 Å². The molecule has 0 aliphatic carbocycles. The van der Waals surface area contributed by atoms with Gasteiger partial charge in [0.15, 0.2) is 0 Å². The molecule has 168 valence electrons. The topological polar surface area (TPSA) is 43.4 Å². The molecule has 3 nitrogen and oxygen atoms in total. The van der Waals surface area contributed by atoms with Crippen LogP contribution < -0.4 is 29.6 Å². The van der Waals surface area contributed by atoms with Crippen LogP contribution in [0.3, 0.4) is 0 Å². The van der Waals surface area contributed by atoms with E-state index in [-0.39, 0.29) is 42.9 Å². The molecule has 0 amide bonds. The number of esters is 2. The Morgan fingerprint density at radius 1 is 0.483 bits per heavy atom. The van der Waals surface area contributed by atoms with Gasteiger partial charge in [-0.15, -0.1) is 0 Å². The minimum absolute atomic E-state index is 0. The molecule has 0 aromatic rings. The Morgan fingerprint density at radius 2 is 0.724 bits per heavy atom. The van der Waals surface area contributed by atoms with Crippen LogP contribution in [0.25, 0.3) is 0 Å². The minimum atomic E-state index is -0.345. The Labute approximate surface area is 205 Å². The average molecular weight is 421 g/mol. The van der Waals surface area contributed by atoms with Crippen LogP contribution in [-0.4, -0.2) is 11.9 Å². The van der Waals surface area contributed by atoms with Crippen molar-refractivity contribution in [2.24, 2.45) is 0 Å². The SMILES string of the molecule is CCCCCCCCCCCCCCCCCC(=O)OC(=O)CCCCCC.[H-].[Na+]. The standard InChI is InChI=1S/C25H48O3.Na.H/c1-3-5-7-9-10-11-12-13-14-15-16-17-18-19-21-23-25(27)28-24(26)22-20-8-6-4-2;;/h3-23H2,1-2H3;;/q;+1;-1. The van der Waals surface area contributed by atoms with Gasteiger partial charge in [-0.2, -0.15) is 0 Å². The van der Waals surface area contributed by atoms with E-state index in [0.29, 0.717) is 12.8 Å². The molecule has 0 spiro atoms. The fourth-order valence-electron chi connectivity index (χ4n) is 3.57. The summed E-state index contributed by atoms with van der Waals surface area (Å²) in [6.07, 6.45) is 24.6. The summed E-state index contributed by atoms with van der Waals surface area (Å²) in [5.41, 5.74) is 0. The van der Waals surface area contributed by atoms with Crippen molar-refractivity contribution in [1.29, 1.82) is 0 Å². The van der Waals surface area contributed by atoms with Crippen LogP contribution in [-0.2, 0) is 14.3 Å². The number of carbonyl (C=O) groups excluding carboxylic acids is 2. The molecule has 0 N–H and O–H groups in total. The Balaban J connectivity index is -0.00000364. The maximum absolute atomic E-state index is 11.6. The Bertz CT molecular complexity index is 364. The van der Waals surface area contributed by atoms with Gasteiger partial charge in [0.2, 0.25) is 0 Å². The second-order valence-electron chi connectivity index (χ2n) is 8.36. The molecule has 0 aliphatic heterocycles. The molecular formula is C25H49NaO3. The molecule has 0 bridgehead atoms. The third-order valence-electron chi connectivity index (χ3n) is 5.45. The van der Waals surface area contributed by atoms with Crippen molar-refractivity contribution < 1.29 is 45.3 Å². The van der Waals surface area contributed by atoms with Crippen molar-refractivity contribution in [3.05, 3.63) is 0 Å². The molecule has 0 unspecified atom stereocenters. The van der Waals surface area contributed by atoms with E-state index >= 15 is 0 Å². The van der Waals surface area contributed by atoms with E-state index in [9.17, 15) is 9.59 Å². The first-order chi connectivity index (χ1) is 13.7. The number of ether oxygens (including phenoxy) is 1. The van der Waals surface area contributed by atoms with E-state index in [4.69, 9.17) is 4.74 Å². The molecule has 29 heavy (non-hydrogen) atoms. The summed E-state index contributed by atoms with van der Waals surface area (Å²) in [5, 5.41) is 0. The predicted octanol–water partition coefficient (Wildman–Crippen LogP) is 5.40. The van der Waals surface area contributed by atoms with Gasteiger partial charge in [0.05, 0.1) is 0 Å². The van der Waals surface area contributed by atoms with Gasteiger partial charge in [-0.05, 0) is 12.8 Å². The van der Waals surface area contributed by atoms with Crippen LogP contribution in [0.15, 0.2) is 0 Å². The Morgan fingerprint density at radius 3 is 1.03 bits per heavy atom. The second-order valence-corrected chi connectivity index (χ2v) is 8.36. The monoisotopic (exact) mass is 420 g/mol. The molecule has 0 aliphatic rings. The van der Waals surface area contributed by atoms with Crippen molar-refractivity contribution in [2.45, 2.75) is 149 Å². The second kappa shape index (κ2) is 26.2. The van der Waals surface area contributed by atoms with Crippen LogP contribution in [0.2, 0.25) is 0 Å². The van der Waals surface area contributed by atoms with Crippen molar-refractivity contribution in [3.8, 4) is 0 Å². The van der Waals surface area contributed by atoms with Gasteiger partial charge in [-0.3, -0.25) is 9.59 Å². The van der Waals surface area contributed by atoms with Crippen molar-refractivity contribution in [1.82, 2.24) is 0 Å². The van der Waals surface area contributed by atoms with Crippen molar-refractivity contribution in [3.63, 3.8) is 0 Å². The Hall–Kier alpha value is 0.140. The summed E-state index contributed by atoms with van der Waals surface area (Å²) in [6, 6.07) is 0. The fraction of sp³-hybridized carbons (Fsp3) is 0.920. The number of unbranched alkanes of at least 4 members (excludes halogenated alkanes) is 17. The van der Waals surface area contributed by atoms with Gasteiger partial charge in [0.1, 0.15) is 0 Å². The minimum Gasteiger partial charge on any atom is -1.00 e. The van der Waals surface area contributed by atoms with E-state index in [0.717, 1.165) is 38.5 Å². The summed E-state index contributed by atoms with van der Waals surface area (Å²) >= 11 is 0. The van der Waals surface area contributed by atoms with E-state index < -0.39 is 0 Å². The molecular weight excluding hydrogens is 371 g/mol. The summed E-state index contributed by atoms with van der Waals surface area (Å²) in [7, 11) is 0. The smallest absolute Gasteiger partial charge is 1.00 e. The normalized spacial score (nSPS) is 10.6. The van der Waals surface area contributed by atoms with E-state index in [1.165, 1.54) is 83.5 Å². The van der Waals surface area contributed by atoms with Crippen LogP contribution in [0.4, 0.5) is 0 Å². The van der Waals surface area contributed by atoms with Gasteiger partial charge in [-0.25, -0.2) is 0 Å². The van der Waals surface area contributed by atoms with E-state index in [1.807, 2.05) is 0 Å². The fourth-order valence-corrected chi connectivity index (χ4v) is 3.57. The van der Waals surface area contributed by atoms with Crippen LogP contribution >= 0.6 is 0 Å². The first-order valence-electron chi connectivity index (χ1n) is 12.4. The maximum Gasteiger partial charge on any atom is 1.00 e. The summed E-state index contributed by atoms with van der Waals surface area (Å²) in [4.78, 5) is 23.2. The van der Waals surface area contributed by atoms with Crippen LogP contribution in [0.1, 0.15) is 150 Å². The number of carbonyl (C=O) groups is 2. The van der Waals surface area contributed by atoms with E-state index in [1.54, 1.807) is 0 Å². The largest absolute Gasteiger partial charge is 1.00 e. The molecule has 0 atom stereocenters. The van der Waals surface area contributed by atoms with Crippen LogP contribution in [0.5, 0.6) is 0 Å². The molecule has 0 rings (SSSR count). The number of hydrogen-bond acceptors (Lipinski definition) is 3. The molecule has 0 aromatic heterocycles. The maximum atomic E-state index is 11.6.